The second-order valence-corrected chi connectivity index (χ2v) is 5.18. The Morgan fingerprint density at radius 2 is 2.05 bits per heavy atom. The number of benzene rings is 1. The number of carbonyl (C=O) groups is 1. The van der Waals surface area contributed by atoms with Crippen LogP contribution in [0.3, 0.4) is 0 Å². The zero-order valence-electron chi connectivity index (χ0n) is 11.6. The van der Waals surface area contributed by atoms with Crippen LogP contribution in [0.2, 0.25) is 0 Å². The second kappa shape index (κ2) is 6.17. The Balaban J connectivity index is 1.74. The van der Waals surface area contributed by atoms with Gasteiger partial charge in [-0.1, -0.05) is 29.8 Å². The van der Waals surface area contributed by atoms with Crippen molar-refractivity contribution in [2.24, 2.45) is 5.41 Å². The van der Waals surface area contributed by atoms with Gasteiger partial charge in [0, 0.05) is 6.54 Å². The van der Waals surface area contributed by atoms with Gasteiger partial charge in [0.25, 0.3) is 0 Å². The average molecular weight is 263 g/mol. The lowest BCUT2D eigenvalue weighted by Crippen LogP contribution is -2.55. The van der Waals surface area contributed by atoms with Crippen LogP contribution in [-0.2, 0) is 20.7 Å². The molecule has 0 atom stereocenters. The summed E-state index contributed by atoms with van der Waals surface area (Å²) in [5.41, 5.74) is 2.10. The molecule has 0 bridgehead atoms. The Labute approximate surface area is 114 Å². The maximum atomic E-state index is 11.7. The Morgan fingerprint density at radius 3 is 2.58 bits per heavy atom. The van der Waals surface area contributed by atoms with Crippen LogP contribution in [0.5, 0.6) is 0 Å². The smallest absolute Gasteiger partial charge is 0.317 e. The molecule has 4 heteroatoms. The highest BCUT2D eigenvalue weighted by molar-refractivity contribution is 5.78. The highest BCUT2D eigenvalue weighted by atomic mass is 16.5. The van der Waals surface area contributed by atoms with Gasteiger partial charge in [0.15, 0.2) is 0 Å². The van der Waals surface area contributed by atoms with Crippen LogP contribution in [0.1, 0.15) is 11.1 Å². The molecule has 1 aromatic rings. The van der Waals surface area contributed by atoms with Crippen LogP contribution in [0.4, 0.5) is 0 Å². The van der Waals surface area contributed by atoms with Crippen LogP contribution in [0.15, 0.2) is 24.3 Å². The molecule has 1 fully saturated rings. The molecule has 1 aromatic carbocycles. The molecule has 1 aliphatic heterocycles. The van der Waals surface area contributed by atoms with Gasteiger partial charge in [-0.3, -0.25) is 4.79 Å². The first kappa shape index (κ1) is 14.0. The van der Waals surface area contributed by atoms with Crippen molar-refractivity contribution in [3.8, 4) is 0 Å². The van der Waals surface area contributed by atoms with E-state index in [1.54, 1.807) is 0 Å². The minimum Gasteiger partial charge on any atom is -0.468 e. The maximum absolute atomic E-state index is 11.7. The van der Waals surface area contributed by atoms with Crippen molar-refractivity contribution in [3.05, 3.63) is 35.4 Å². The quantitative estimate of drug-likeness (QED) is 0.621. The summed E-state index contributed by atoms with van der Waals surface area (Å²) in [5, 5.41) is 3.33. The van der Waals surface area contributed by atoms with E-state index in [-0.39, 0.29) is 5.97 Å². The number of hydrogen-bond acceptors (Lipinski definition) is 4. The van der Waals surface area contributed by atoms with E-state index in [1.807, 2.05) is 0 Å². The van der Waals surface area contributed by atoms with E-state index < -0.39 is 5.41 Å². The van der Waals surface area contributed by atoms with Crippen LogP contribution in [-0.4, -0.2) is 39.4 Å². The molecule has 1 saturated heterocycles. The van der Waals surface area contributed by atoms with E-state index in [0.29, 0.717) is 19.8 Å². The van der Waals surface area contributed by atoms with Gasteiger partial charge in [-0.05, 0) is 25.5 Å². The molecule has 1 aliphatic rings. The standard InChI is InChI=1S/C15H21NO3/c1-12-3-5-13(6-4-12)7-8-16-9-15(10-19-11-15)14(17)18-2/h3-6,16H,7-11H2,1-2H3. The molecule has 0 aliphatic carbocycles. The third-order valence-electron chi connectivity index (χ3n) is 3.55. The Hall–Kier alpha value is -1.39. The van der Waals surface area contributed by atoms with Crippen molar-refractivity contribution in [1.82, 2.24) is 5.32 Å². The molecule has 19 heavy (non-hydrogen) atoms. The normalized spacial score (nSPS) is 16.7. The number of methoxy groups -OCH3 is 1. The molecule has 1 N–H and O–H groups in total. The first-order valence-corrected chi connectivity index (χ1v) is 6.59. The van der Waals surface area contributed by atoms with Gasteiger partial charge in [0.1, 0.15) is 5.41 Å². The lowest BCUT2D eigenvalue weighted by atomic mass is 9.86. The molecular formula is C15H21NO3. The van der Waals surface area contributed by atoms with Gasteiger partial charge >= 0.3 is 5.97 Å². The average Bonchev–Trinajstić information content (AvgIpc) is 2.38. The lowest BCUT2D eigenvalue weighted by Gasteiger charge is -2.38. The van der Waals surface area contributed by atoms with Crippen molar-refractivity contribution in [2.45, 2.75) is 13.3 Å². The summed E-state index contributed by atoms with van der Waals surface area (Å²) in [4.78, 5) is 11.7. The molecule has 0 unspecified atom stereocenters. The van der Waals surface area contributed by atoms with Gasteiger partial charge in [-0.15, -0.1) is 0 Å². The van der Waals surface area contributed by atoms with E-state index in [2.05, 4.69) is 36.5 Å². The molecule has 4 nitrogen and oxygen atoms in total. The summed E-state index contributed by atoms with van der Waals surface area (Å²) in [5.74, 6) is -0.179. The molecule has 0 saturated carbocycles. The van der Waals surface area contributed by atoms with E-state index in [9.17, 15) is 4.79 Å². The number of hydrogen-bond donors (Lipinski definition) is 1. The van der Waals surface area contributed by atoms with Crippen LogP contribution in [0, 0.1) is 12.3 Å². The summed E-state index contributed by atoms with van der Waals surface area (Å²) in [6.45, 7) is 4.46. The van der Waals surface area contributed by atoms with E-state index in [1.165, 1.54) is 18.2 Å². The lowest BCUT2D eigenvalue weighted by molar-refractivity contribution is -0.182. The topological polar surface area (TPSA) is 47.6 Å². The molecule has 0 spiro atoms. The molecule has 0 aromatic heterocycles. The SMILES string of the molecule is COC(=O)C1(CNCCc2ccc(C)cc2)COC1. The van der Waals surface area contributed by atoms with E-state index in [4.69, 9.17) is 9.47 Å². The molecular weight excluding hydrogens is 242 g/mol. The number of aryl methyl sites for hydroxylation is 1. The fourth-order valence-electron chi connectivity index (χ4n) is 2.17. The number of rotatable bonds is 6. The van der Waals surface area contributed by atoms with Gasteiger partial charge < -0.3 is 14.8 Å². The Morgan fingerprint density at radius 1 is 1.37 bits per heavy atom. The molecule has 1 heterocycles. The Kier molecular flexibility index (Phi) is 4.56. The summed E-state index contributed by atoms with van der Waals surface area (Å²) >= 11 is 0. The summed E-state index contributed by atoms with van der Waals surface area (Å²) in [6, 6.07) is 8.51. The first-order valence-electron chi connectivity index (χ1n) is 6.59. The fourth-order valence-corrected chi connectivity index (χ4v) is 2.17. The molecule has 0 amide bonds. The van der Waals surface area contributed by atoms with Crippen molar-refractivity contribution in [1.29, 1.82) is 0 Å². The van der Waals surface area contributed by atoms with Crippen LogP contribution >= 0.6 is 0 Å². The highest BCUT2D eigenvalue weighted by Crippen LogP contribution is 2.28. The largest absolute Gasteiger partial charge is 0.468 e. The van der Waals surface area contributed by atoms with Crippen molar-refractivity contribution in [3.63, 3.8) is 0 Å². The number of esters is 1. The van der Waals surface area contributed by atoms with E-state index >= 15 is 0 Å². The van der Waals surface area contributed by atoms with Crippen molar-refractivity contribution >= 4 is 5.97 Å². The van der Waals surface area contributed by atoms with Gasteiger partial charge in [-0.2, -0.15) is 0 Å². The van der Waals surface area contributed by atoms with Gasteiger partial charge in [0.05, 0.1) is 20.3 Å². The third kappa shape index (κ3) is 3.33. The van der Waals surface area contributed by atoms with Gasteiger partial charge in [-0.25, -0.2) is 0 Å². The van der Waals surface area contributed by atoms with Crippen LogP contribution in [0.25, 0.3) is 0 Å². The fraction of sp³-hybridized carbons (Fsp3) is 0.533. The number of carbonyl (C=O) groups excluding carboxylic acids is 1. The Bertz CT molecular complexity index is 424. The highest BCUT2D eigenvalue weighted by Gasteiger charge is 2.46. The number of ether oxygens (including phenoxy) is 2. The zero-order chi connectivity index (χ0) is 13.7. The zero-order valence-corrected chi connectivity index (χ0v) is 11.6. The van der Waals surface area contributed by atoms with Crippen LogP contribution < -0.4 is 5.32 Å². The van der Waals surface area contributed by atoms with Crippen molar-refractivity contribution in [2.75, 3.05) is 33.4 Å². The monoisotopic (exact) mass is 263 g/mol. The predicted molar refractivity (Wildman–Crippen MR) is 73.0 cm³/mol. The first-order chi connectivity index (χ1) is 9.16. The third-order valence-corrected chi connectivity index (χ3v) is 3.55. The molecule has 0 radical (unpaired) electrons. The van der Waals surface area contributed by atoms with Gasteiger partial charge in [0.2, 0.25) is 0 Å². The minimum atomic E-state index is -0.470. The van der Waals surface area contributed by atoms with E-state index in [0.717, 1.165) is 13.0 Å². The van der Waals surface area contributed by atoms with Crippen molar-refractivity contribution < 1.29 is 14.3 Å². The summed E-state index contributed by atoms with van der Waals surface area (Å²) in [7, 11) is 1.43. The molecule has 2 rings (SSSR count). The molecule has 104 valence electrons. The number of nitrogens with one attached hydrogen (secondary N) is 1. The summed E-state index contributed by atoms with van der Waals surface area (Å²) < 4.78 is 9.98. The summed E-state index contributed by atoms with van der Waals surface area (Å²) in [6.07, 6.45) is 0.957. The maximum Gasteiger partial charge on any atom is 0.317 e. The minimum absolute atomic E-state index is 0.179. The second-order valence-electron chi connectivity index (χ2n) is 5.18. The predicted octanol–water partition coefficient (Wildman–Crippen LogP) is 1.32.